The molecule has 0 aliphatic carbocycles. The maximum atomic E-state index is 12.5. The van der Waals surface area contributed by atoms with E-state index in [4.69, 9.17) is 22.1 Å². The summed E-state index contributed by atoms with van der Waals surface area (Å²) in [5.41, 5.74) is 5.96. The van der Waals surface area contributed by atoms with Gasteiger partial charge in [-0.05, 0) is 37.5 Å². The van der Waals surface area contributed by atoms with Crippen LogP contribution in [0.4, 0.5) is 0 Å². The largest absolute Gasteiger partial charge is 0.381 e. The Labute approximate surface area is 124 Å². The molecule has 0 bridgehead atoms. The molecular formula is C13H19ClN2O3S. The van der Waals surface area contributed by atoms with Gasteiger partial charge < -0.3 is 10.5 Å². The number of halogens is 1. The molecule has 2 rings (SSSR count). The average molecular weight is 319 g/mol. The number of rotatable bonds is 4. The Morgan fingerprint density at radius 1 is 1.40 bits per heavy atom. The van der Waals surface area contributed by atoms with Crippen LogP contribution in [0.3, 0.4) is 0 Å². The second kappa shape index (κ2) is 5.99. The van der Waals surface area contributed by atoms with Crippen LogP contribution in [-0.4, -0.2) is 33.7 Å². The lowest BCUT2D eigenvalue weighted by atomic mass is 9.92. The molecule has 1 aliphatic heterocycles. The zero-order valence-electron chi connectivity index (χ0n) is 11.4. The van der Waals surface area contributed by atoms with Crippen LogP contribution in [0.25, 0.3) is 0 Å². The van der Waals surface area contributed by atoms with E-state index in [9.17, 15) is 8.42 Å². The molecule has 0 amide bonds. The van der Waals surface area contributed by atoms with Gasteiger partial charge in [0.15, 0.2) is 0 Å². The van der Waals surface area contributed by atoms with Crippen LogP contribution < -0.4 is 10.5 Å². The van der Waals surface area contributed by atoms with Crippen molar-refractivity contribution in [2.75, 3.05) is 19.8 Å². The predicted molar refractivity (Wildman–Crippen MR) is 78.3 cm³/mol. The van der Waals surface area contributed by atoms with Crippen molar-refractivity contribution in [1.29, 1.82) is 0 Å². The van der Waals surface area contributed by atoms with E-state index in [-0.39, 0.29) is 16.5 Å². The summed E-state index contributed by atoms with van der Waals surface area (Å²) in [7, 11) is -3.70. The minimum atomic E-state index is -3.70. The lowest BCUT2D eigenvalue weighted by molar-refractivity contribution is 0.0502. The second-order valence-corrected chi connectivity index (χ2v) is 7.19. The van der Waals surface area contributed by atoms with Crippen LogP contribution in [0.15, 0.2) is 23.1 Å². The predicted octanol–water partition coefficient (Wildman–Crippen LogP) is 1.43. The summed E-state index contributed by atoms with van der Waals surface area (Å²) < 4.78 is 33.1. The van der Waals surface area contributed by atoms with E-state index in [1.54, 1.807) is 18.2 Å². The first-order valence-corrected chi connectivity index (χ1v) is 8.33. The van der Waals surface area contributed by atoms with Crippen LogP contribution in [-0.2, 0) is 14.8 Å². The standard InChI is InChI=1S/C13H19ClN2O3S/c1-10-2-3-11(14)12(8-10)20(17,18)16-13(9-15)4-6-19-7-5-13/h2-3,8,16H,4-7,9,15H2,1H3. The van der Waals surface area contributed by atoms with Crippen LogP contribution in [0, 0.1) is 6.92 Å². The van der Waals surface area contributed by atoms with E-state index in [1.807, 2.05) is 6.92 Å². The van der Waals surface area contributed by atoms with Crippen molar-refractivity contribution in [2.45, 2.75) is 30.2 Å². The van der Waals surface area contributed by atoms with Crippen molar-refractivity contribution < 1.29 is 13.2 Å². The fourth-order valence-electron chi connectivity index (χ4n) is 2.27. The molecule has 0 atom stereocenters. The third-order valence-electron chi connectivity index (χ3n) is 3.57. The summed E-state index contributed by atoms with van der Waals surface area (Å²) in [6.45, 7) is 3.06. The van der Waals surface area contributed by atoms with E-state index < -0.39 is 15.6 Å². The van der Waals surface area contributed by atoms with Crippen LogP contribution in [0.5, 0.6) is 0 Å². The Balaban J connectivity index is 2.32. The monoisotopic (exact) mass is 318 g/mol. The van der Waals surface area contributed by atoms with Gasteiger partial charge in [0.1, 0.15) is 4.90 Å². The highest BCUT2D eigenvalue weighted by molar-refractivity contribution is 7.89. The average Bonchev–Trinajstić information content (AvgIpc) is 2.42. The number of hydrogen-bond donors (Lipinski definition) is 2. The van der Waals surface area contributed by atoms with Gasteiger partial charge in [-0.15, -0.1) is 0 Å². The van der Waals surface area contributed by atoms with Crippen molar-refractivity contribution in [3.63, 3.8) is 0 Å². The topological polar surface area (TPSA) is 81.4 Å². The van der Waals surface area contributed by atoms with E-state index in [0.29, 0.717) is 26.1 Å². The van der Waals surface area contributed by atoms with Crippen molar-refractivity contribution in [3.05, 3.63) is 28.8 Å². The van der Waals surface area contributed by atoms with E-state index in [0.717, 1.165) is 5.56 Å². The van der Waals surface area contributed by atoms with E-state index >= 15 is 0 Å². The van der Waals surface area contributed by atoms with Crippen molar-refractivity contribution in [2.24, 2.45) is 5.73 Å². The third-order valence-corrected chi connectivity index (χ3v) is 5.63. The Bertz CT molecular complexity index is 583. The summed E-state index contributed by atoms with van der Waals surface area (Å²) in [5, 5.41) is 0.210. The number of nitrogens with one attached hydrogen (secondary N) is 1. The van der Waals surface area contributed by atoms with Crippen molar-refractivity contribution in [3.8, 4) is 0 Å². The molecule has 0 unspecified atom stereocenters. The normalized spacial score (nSPS) is 18.9. The molecule has 112 valence electrons. The molecule has 0 radical (unpaired) electrons. The molecule has 0 aromatic heterocycles. The Kier molecular flexibility index (Phi) is 4.71. The van der Waals surface area contributed by atoms with Crippen LogP contribution >= 0.6 is 11.6 Å². The highest BCUT2D eigenvalue weighted by Gasteiger charge is 2.36. The molecule has 1 heterocycles. The number of benzene rings is 1. The van der Waals surface area contributed by atoms with Crippen molar-refractivity contribution >= 4 is 21.6 Å². The first kappa shape index (κ1) is 15.7. The van der Waals surface area contributed by atoms with Gasteiger partial charge in [-0.1, -0.05) is 17.7 Å². The van der Waals surface area contributed by atoms with Gasteiger partial charge in [-0.2, -0.15) is 0 Å². The molecule has 5 nitrogen and oxygen atoms in total. The molecule has 7 heteroatoms. The molecule has 20 heavy (non-hydrogen) atoms. The molecule has 1 aromatic rings. The highest BCUT2D eigenvalue weighted by Crippen LogP contribution is 2.27. The summed E-state index contributed by atoms with van der Waals surface area (Å²) in [6, 6.07) is 4.92. The van der Waals surface area contributed by atoms with Gasteiger partial charge >= 0.3 is 0 Å². The number of hydrogen-bond acceptors (Lipinski definition) is 4. The highest BCUT2D eigenvalue weighted by atomic mass is 35.5. The minimum Gasteiger partial charge on any atom is -0.381 e. The fourth-order valence-corrected chi connectivity index (χ4v) is 4.32. The smallest absolute Gasteiger partial charge is 0.242 e. The van der Waals surface area contributed by atoms with Gasteiger partial charge in [0, 0.05) is 25.3 Å². The zero-order valence-corrected chi connectivity index (χ0v) is 12.9. The Morgan fingerprint density at radius 3 is 2.65 bits per heavy atom. The number of sulfonamides is 1. The molecule has 0 saturated carbocycles. The maximum absolute atomic E-state index is 12.5. The number of aryl methyl sites for hydroxylation is 1. The second-order valence-electron chi connectivity index (χ2n) is 5.14. The molecule has 3 N–H and O–H groups in total. The Hall–Kier alpha value is -0.660. The first-order valence-electron chi connectivity index (χ1n) is 6.46. The van der Waals surface area contributed by atoms with Gasteiger partial charge in [-0.25, -0.2) is 13.1 Å². The lowest BCUT2D eigenvalue weighted by Gasteiger charge is -2.36. The zero-order chi connectivity index (χ0) is 14.8. The summed E-state index contributed by atoms with van der Waals surface area (Å²) in [5.74, 6) is 0. The fraction of sp³-hybridized carbons (Fsp3) is 0.538. The molecule has 1 aromatic carbocycles. The molecule has 1 saturated heterocycles. The minimum absolute atomic E-state index is 0.0958. The van der Waals surface area contributed by atoms with Crippen LogP contribution in [0.1, 0.15) is 18.4 Å². The first-order chi connectivity index (χ1) is 9.38. The summed E-state index contributed by atoms with van der Waals surface area (Å²) in [6.07, 6.45) is 1.12. The quantitative estimate of drug-likeness (QED) is 0.880. The van der Waals surface area contributed by atoms with E-state index in [2.05, 4.69) is 4.72 Å². The van der Waals surface area contributed by atoms with E-state index in [1.165, 1.54) is 0 Å². The van der Waals surface area contributed by atoms with Crippen LogP contribution in [0.2, 0.25) is 5.02 Å². The van der Waals surface area contributed by atoms with Gasteiger partial charge in [0.05, 0.1) is 5.02 Å². The molecule has 1 fully saturated rings. The number of nitrogens with two attached hydrogens (primary N) is 1. The lowest BCUT2D eigenvalue weighted by Crippen LogP contribution is -2.56. The molecule has 0 spiro atoms. The van der Waals surface area contributed by atoms with Gasteiger partial charge in [0.2, 0.25) is 10.0 Å². The third kappa shape index (κ3) is 3.32. The molecular weight excluding hydrogens is 300 g/mol. The summed E-state index contributed by atoms with van der Waals surface area (Å²) in [4.78, 5) is 0.0958. The molecule has 1 aliphatic rings. The van der Waals surface area contributed by atoms with Gasteiger partial charge in [0.25, 0.3) is 0 Å². The van der Waals surface area contributed by atoms with Crippen molar-refractivity contribution in [1.82, 2.24) is 4.72 Å². The maximum Gasteiger partial charge on any atom is 0.242 e. The SMILES string of the molecule is Cc1ccc(Cl)c(S(=O)(=O)NC2(CN)CCOCC2)c1. The van der Waals surface area contributed by atoms with Gasteiger partial charge in [-0.3, -0.25) is 0 Å². The Morgan fingerprint density at radius 2 is 2.05 bits per heavy atom. The number of ether oxygens (including phenoxy) is 1. The summed E-state index contributed by atoms with van der Waals surface area (Å²) >= 11 is 6.01.